The predicted molar refractivity (Wildman–Crippen MR) is 71.4 cm³/mol. The van der Waals surface area contributed by atoms with Gasteiger partial charge in [0.05, 0.1) is 18.7 Å². The van der Waals surface area contributed by atoms with Crippen molar-refractivity contribution in [1.29, 1.82) is 5.26 Å². The Morgan fingerprint density at radius 2 is 1.95 bits per heavy atom. The fraction of sp³-hybridized carbons (Fsp3) is 0.133. The largest absolute Gasteiger partial charge is 0.497 e. The molecule has 0 atom stereocenters. The summed E-state index contributed by atoms with van der Waals surface area (Å²) in [5, 5.41) is 11.9. The van der Waals surface area contributed by atoms with Crippen molar-refractivity contribution in [3.8, 4) is 11.8 Å². The Hall–Kier alpha value is -2.54. The third-order valence-corrected chi connectivity index (χ3v) is 2.68. The summed E-state index contributed by atoms with van der Waals surface area (Å²) in [5.41, 5.74) is 1.94. The van der Waals surface area contributed by atoms with Crippen LogP contribution in [-0.2, 0) is 6.54 Å². The van der Waals surface area contributed by atoms with Gasteiger partial charge in [-0.05, 0) is 35.9 Å². The molecule has 1 N–H and O–H groups in total. The van der Waals surface area contributed by atoms with Crippen LogP contribution in [0.1, 0.15) is 11.1 Å². The number of methoxy groups -OCH3 is 1. The molecular formula is C15H13FN2O. The van der Waals surface area contributed by atoms with Crippen LogP contribution < -0.4 is 10.1 Å². The van der Waals surface area contributed by atoms with Crippen molar-refractivity contribution in [3.63, 3.8) is 0 Å². The van der Waals surface area contributed by atoms with E-state index in [1.165, 1.54) is 12.1 Å². The third kappa shape index (κ3) is 3.46. The molecule has 0 unspecified atom stereocenters. The van der Waals surface area contributed by atoms with E-state index in [0.717, 1.165) is 11.3 Å². The minimum Gasteiger partial charge on any atom is -0.497 e. The van der Waals surface area contributed by atoms with E-state index in [-0.39, 0.29) is 0 Å². The highest BCUT2D eigenvalue weighted by Crippen LogP contribution is 2.16. The van der Waals surface area contributed by atoms with Crippen molar-refractivity contribution in [2.75, 3.05) is 12.4 Å². The number of anilines is 1. The van der Waals surface area contributed by atoms with E-state index in [9.17, 15) is 4.39 Å². The molecule has 0 radical (unpaired) electrons. The summed E-state index contributed by atoms with van der Waals surface area (Å²) in [5.74, 6) is 0.373. The zero-order chi connectivity index (χ0) is 13.7. The zero-order valence-corrected chi connectivity index (χ0v) is 10.5. The third-order valence-electron chi connectivity index (χ3n) is 2.68. The Balaban J connectivity index is 2.05. The Bertz CT molecular complexity index is 603. The maximum absolute atomic E-state index is 13.2. The van der Waals surface area contributed by atoms with E-state index in [1.54, 1.807) is 13.2 Å². The number of halogens is 1. The monoisotopic (exact) mass is 256 g/mol. The lowest BCUT2D eigenvalue weighted by atomic mass is 10.2. The molecule has 96 valence electrons. The molecule has 4 heteroatoms. The summed E-state index contributed by atoms with van der Waals surface area (Å²) < 4.78 is 18.3. The smallest absolute Gasteiger partial charge is 0.126 e. The van der Waals surface area contributed by atoms with Gasteiger partial charge in [-0.25, -0.2) is 4.39 Å². The second-order valence-electron chi connectivity index (χ2n) is 4.04. The standard InChI is InChI=1S/C15H13FN2O/c1-19-15-4-2-11(3-5-15)10-18-14-7-12(9-17)6-13(16)8-14/h2-8,18H,10H2,1H3. The lowest BCUT2D eigenvalue weighted by Crippen LogP contribution is -2.00. The zero-order valence-electron chi connectivity index (χ0n) is 10.5. The average Bonchev–Trinajstić information content (AvgIpc) is 2.45. The van der Waals surface area contributed by atoms with E-state index in [2.05, 4.69) is 5.32 Å². The van der Waals surface area contributed by atoms with Gasteiger partial charge in [0.15, 0.2) is 0 Å². The maximum atomic E-state index is 13.2. The number of rotatable bonds is 4. The number of nitrogens with one attached hydrogen (secondary N) is 1. The van der Waals surface area contributed by atoms with E-state index >= 15 is 0 Å². The van der Waals surface area contributed by atoms with E-state index in [0.29, 0.717) is 17.8 Å². The highest BCUT2D eigenvalue weighted by Gasteiger charge is 2.00. The van der Waals surface area contributed by atoms with Crippen molar-refractivity contribution in [1.82, 2.24) is 0 Å². The van der Waals surface area contributed by atoms with Crippen LogP contribution in [0.4, 0.5) is 10.1 Å². The molecule has 2 aromatic rings. The van der Waals surface area contributed by atoms with Gasteiger partial charge in [-0.15, -0.1) is 0 Å². The Labute approximate surface area is 111 Å². The van der Waals surface area contributed by atoms with Crippen LogP contribution in [0.15, 0.2) is 42.5 Å². The van der Waals surface area contributed by atoms with Crippen LogP contribution in [0.3, 0.4) is 0 Å². The fourth-order valence-electron chi connectivity index (χ4n) is 1.70. The summed E-state index contributed by atoms with van der Waals surface area (Å²) in [7, 11) is 1.61. The molecule has 3 nitrogen and oxygen atoms in total. The first-order valence-corrected chi connectivity index (χ1v) is 5.79. The van der Waals surface area contributed by atoms with E-state index < -0.39 is 5.82 Å². The molecule has 0 fully saturated rings. The molecule has 0 saturated carbocycles. The van der Waals surface area contributed by atoms with Gasteiger partial charge in [-0.2, -0.15) is 5.26 Å². The molecule has 0 saturated heterocycles. The van der Waals surface area contributed by atoms with Crippen LogP contribution in [0, 0.1) is 17.1 Å². The normalized spacial score (nSPS) is 9.74. The Morgan fingerprint density at radius 3 is 2.58 bits per heavy atom. The minimum atomic E-state index is -0.420. The summed E-state index contributed by atoms with van der Waals surface area (Å²) in [6.07, 6.45) is 0. The maximum Gasteiger partial charge on any atom is 0.126 e. The summed E-state index contributed by atoms with van der Waals surface area (Å²) in [4.78, 5) is 0. The van der Waals surface area contributed by atoms with Gasteiger partial charge in [0.1, 0.15) is 11.6 Å². The van der Waals surface area contributed by atoms with Gasteiger partial charge in [0.2, 0.25) is 0 Å². The van der Waals surface area contributed by atoms with Gasteiger partial charge >= 0.3 is 0 Å². The molecule has 0 aliphatic carbocycles. The quantitative estimate of drug-likeness (QED) is 0.912. The number of nitrogens with zero attached hydrogens (tertiary/aromatic N) is 1. The van der Waals surface area contributed by atoms with Crippen molar-refractivity contribution in [2.24, 2.45) is 0 Å². The van der Waals surface area contributed by atoms with Crippen molar-refractivity contribution >= 4 is 5.69 Å². The highest BCUT2D eigenvalue weighted by molar-refractivity contribution is 5.50. The van der Waals surface area contributed by atoms with Crippen LogP contribution in [0.2, 0.25) is 0 Å². The molecule has 0 aliphatic rings. The predicted octanol–water partition coefficient (Wildman–Crippen LogP) is 3.32. The number of hydrogen-bond donors (Lipinski definition) is 1. The molecule has 0 amide bonds. The van der Waals surface area contributed by atoms with E-state index in [4.69, 9.17) is 10.00 Å². The molecule has 2 aromatic carbocycles. The number of benzene rings is 2. The number of ether oxygens (including phenoxy) is 1. The van der Waals surface area contributed by atoms with Crippen LogP contribution in [0.5, 0.6) is 5.75 Å². The first-order chi connectivity index (χ1) is 9.21. The molecule has 0 aromatic heterocycles. The number of hydrogen-bond acceptors (Lipinski definition) is 3. The van der Waals surface area contributed by atoms with Gasteiger partial charge in [0.25, 0.3) is 0 Å². The minimum absolute atomic E-state index is 0.303. The lowest BCUT2D eigenvalue weighted by Gasteiger charge is -2.08. The first kappa shape index (κ1) is 12.9. The molecule has 0 bridgehead atoms. The Kier molecular flexibility index (Phi) is 3.99. The van der Waals surface area contributed by atoms with Gasteiger partial charge < -0.3 is 10.1 Å². The SMILES string of the molecule is COc1ccc(CNc2cc(F)cc(C#N)c2)cc1. The molecule has 0 heterocycles. The van der Waals surface area contributed by atoms with Crippen molar-refractivity contribution < 1.29 is 9.13 Å². The van der Waals surface area contributed by atoms with Gasteiger partial charge in [-0.3, -0.25) is 0 Å². The highest BCUT2D eigenvalue weighted by atomic mass is 19.1. The fourth-order valence-corrected chi connectivity index (χ4v) is 1.70. The van der Waals surface area contributed by atoms with Crippen molar-refractivity contribution in [2.45, 2.75) is 6.54 Å². The van der Waals surface area contributed by atoms with E-state index in [1.807, 2.05) is 30.3 Å². The topological polar surface area (TPSA) is 45.0 Å². The molecule has 0 aliphatic heterocycles. The summed E-state index contributed by atoms with van der Waals surface area (Å²) in [6, 6.07) is 13.7. The molecule has 0 spiro atoms. The van der Waals surface area contributed by atoms with Gasteiger partial charge in [-0.1, -0.05) is 12.1 Å². The second kappa shape index (κ2) is 5.87. The number of nitriles is 1. The summed E-state index contributed by atoms with van der Waals surface area (Å²) in [6.45, 7) is 0.554. The average molecular weight is 256 g/mol. The summed E-state index contributed by atoms with van der Waals surface area (Å²) >= 11 is 0. The van der Waals surface area contributed by atoms with Gasteiger partial charge in [0, 0.05) is 12.2 Å². The first-order valence-electron chi connectivity index (χ1n) is 5.79. The van der Waals surface area contributed by atoms with Crippen molar-refractivity contribution in [3.05, 3.63) is 59.4 Å². The molecular weight excluding hydrogens is 243 g/mol. The van der Waals surface area contributed by atoms with Crippen LogP contribution in [0.25, 0.3) is 0 Å². The Morgan fingerprint density at radius 1 is 1.21 bits per heavy atom. The molecule has 19 heavy (non-hydrogen) atoms. The second-order valence-corrected chi connectivity index (χ2v) is 4.04. The lowest BCUT2D eigenvalue weighted by molar-refractivity contribution is 0.414. The van der Waals surface area contributed by atoms with Crippen LogP contribution in [-0.4, -0.2) is 7.11 Å². The molecule has 2 rings (SSSR count). The van der Waals surface area contributed by atoms with Crippen LogP contribution >= 0.6 is 0 Å².